The zero-order valence-electron chi connectivity index (χ0n) is 10.7. The van der Waals surface area contributed by atoms with Gasteiger partial charge in [-0.2, -0.15) is 0 Å². The minimum Gasteiger partial charge on any atom is -0.453 e. The van der Waals surface area contributed by atoms with Crippen LogP contribution in [0, 0.1) is 0 Å². The molecule has 0 aromatic rings. The normalized spacial score (nSPS) is 33.0. The smallest absolute Gasteiger partial charge is 0.303 e. The molecule has 3 unspecified atom stereocenters. The van der Waals surface area contributed by atoms with E-state index in [1.165, 1.54) is 6.92 Å². The lowest BCUT2D eigenvalue weighted by Gasteiger charge is -2.37. The second-order valence-electron chi connectivity index (χ2n) is 4.56. The van der Waals surface area contributed by atoms with Crippen LogP contribution in [0.1, 0.15) is 20.3 Å². The Morgan fingerprint density at radius 2 is 1.95 bits per heavy atom. The van der Waals surface area contributed by atoms with Gasteiger partial charge in [-0.05, 0) is 0 Å². The SMILES string of the molecule is CC(=O)OC1C(=O)N2CC=CCC2(O)C1OC(C)=O. The van der Waals surface area contributed by atoms with Crippen molar-refractivity contribution in [3.05, 3.63) is 12.2 Å². The highest BCUT2D eigenvalue weighted by atomic mass is 16.6. The van der Waals surface area contributed by atoms with Crippen LogP contribution in [0.4, 0.5) is 0 Å². The zero-order valence-corrected chi connectivity index (χ0v) is 10.7. The van der Waals surface area contributed by atoms with Crippen LogP contribution in [0.5, 0.6) is 0 Å². The number of hydrogen-bond acceptors (Lipinski definition) is 6. The Morgan fingerprint density at radius 1 is 1.32 bits per heavy atom. The van der Waals surface area contributed by atoms with Gasteiger partial charge in [0.1, 0.15) is 0 Å². The summed E-state index contributed by atoms with van der Waals surface area (Å²) in [4.78, 5) is 35.5. The van der Waals surface area contributed by atoms with E-state index in [1.807, 2.05) is 0 Å². The van der Waals surface area contributed by atoms with Gasteiger partial charge in [0.05, 0.1) is 0 Å². The molecule has 0 spiro atoms. The number of esters is 2. The maximum atomic E-state index is 12.1. The number of carbonyl (C=O) groups is 3. The van der Waals surface area contributed by atoms with Crippen LogP contribution in [-0.2, 0) is 23.9 Å². The predicted octanol–water partition coefficient (Wildman–Crippen LogP) is -0.660. The fourth-order valence-electron chi connectivity index (χ4n) is 2.41. The van der Waals surface area contributed by atoms with Crippen molar-refractivity contribution in [2.24, 2.45) is 0 Å². The first-order valence-corrected chi connectivity index (χ1v) is 5.89. The number of hydrogen-bond donors (Lipinski definition) is 1. The molecule has 0 radical (unpaired) electrons. The maximum absolute atomic E-state index is 12.1. The van der Waals surface area contributed by atoms with E-state index in [2.05, 4.69) is 0 Å². The van der Waals surface area contributed by atoms with Gasteiger partial charge in [0.15, 0.2) is 11.8 Å². The van der Waals surface area contributed by atoms with E-state index < -0.39 is 35.8 Å². The van der Waals surface area contributed by atoms with Crippen molar-refractivity contribution in [1.29, 1.82) is 0 Å². The monoisotopic (exact) mass is 269 g/mol. The lowest BCUT2D eigenvalue weighted by atomic mass is 9.99. The van der Waals surface area contributed by atoms with E-state index in [4.69, 9.17) is 9.47 Å². The van der Waals surface area contributed by atoms with Crippen molar-refractivity contribution in [1.82, 2.24) is 4.90 Å². The highest BCUT2D eigenvalue weighted by molar-refractivity contribution is 5.88. The molecule has 104 valence electrons. The van der Waals surface area contributed by atoms with Crippen LogP contribution < -0.4 is 0 Å². The fourth-order valence-corrected chi connectivity index (χ4v) is 2.41. The molecule has 7 heteroatoms. The Kier molecular flexibility index (Phi) is 3.32. The highest BCUT2D eigenvalue weighted by Gasteiger charge is 2.61. The number of rotatable bonds is 2. The Morgan fingerprint density at radius 3 is 2.53 bits per heavy atom. The zero-order chi connectivity index (χ0) is 14.2. The lowest BCUT2D eigenvalue weighted by molar-refractivity contribution is -0.190. The van der Waals surface area contributed by atoms with E-state index in [0.717, 1.165) is 11.8 Å². The minimum atomic E-state index is -1.66. The van der Waals surface area contributed by atoms with Gasteiger partial charge in [0.25, 0.3) is 5.91 Å². The molecular formula is C12H15NO6. The Balaban J connectivity index is 2.35. The summed E-state index contributed by atoms with van der Waals surface area (Å²) in [5.41, 5.74) is -1.66. The molecule has 0 aliphatic carbocycles. The number of carbonyl (C=O) groups excluding carboxylic acids is 3. The Labute approximate surface area is 109 Å². The van der Waals surface area contributed by atoms with Gasteiger partial charge in [0, 0.05) is 26.8 Å². The molecule has 2 heterocycles. The number of ether oxygens (including phenoxy) is 2. The second kappa shape index (κ2) is 4.65. The number of nitrogens with zero attached hydrogens (tertiary/aromatic N) is 1. The predicted molar refractivity (Wildman–Crippen MR) is 61.5 cm³/mol. The third kappa shape index (κ3) is 2.21. The molecule has 1 N–H and O–H groups in total. The molecule has 0 bridgehead atoms. The van der Waals surface area contributed by atoms with E-state index in [0.29, 0.717) is 0 Å². The van der Waals surface area contributed by atoms with E-state index >= 15 is 0 Å². The standard InChI is InChI=1S/C12H15NO6/c1-7(14)18-9-10(19-8(2)15)12(17)5-3-4-6-13(12)11(9)16/h3-4,9-10,17H,5-6H2,1-2H3. The Hall–Kier alpha value is -1.89. The summed E-state index contributed by atoms with van der Waals surface area (Å²) >= 11 is 0. The molecule has 3 atom stereocenters. The van der Waals surface area contributed by atoms with Crippen molar-refractivity contribution in [3.8, 4) is 0 Å². The molecule has 1 amide bonds. The molecule has 0 saturated carbocycles. The van der Waals surface area contributed by atoms with Crippen LogP contribution in [0.25, 0.3) is 0 Å². The maximum Gasteiger partial charge on any atom is 0.303 e. The lowest BCUT2D eigenvalue weighted by Crippen LogP contribution is -2.54. The summed E-state index contributed by atoms with van der Waals surface area (Å²) in [6.45, 7) is 2.50. The van der Waals surface area contributed by atoms with Gasteiger partial charge in [-0.15, -0.1) is 0 Å². The van der Waals surface area contributed by atoms with Gasteiger partial charge in [-0.3, -0.25) is 14.4 Å². The van der Waals surface area contributed by atoms with Crippen molar-refractivity contribution in [3.63, 3.8) is 0 Å². The van der Waals surface area contributed by atoms with E-state index in [-0.39, 0.29) is 13.0 Å². The first-order chi connectivity index (χ1) is 8.86. The average molecular weight is 269 g/mol. The van der Waals surface area contributed by atoms with Crippen LogP contribution in [0.15, 0.2) is 12.2 Å². The molecule has 1 saturated heterocycles. The van der Waals surface area contributed by atoms with Crippen molar-refractivity contribution < 1.29 is 29.0 Å². The largest absolute Gasteiger partial charge is 0.453 e. The first kappa shape index (κ1) is 13.5. The average Bonchev–Trinajstić information content (AvgIpc) is 2.50. The van der Waals surface area contributed by atoms with Crippen LogP contribution in [0.2, 0.25) is 0 Å². The van der Waals surface area contributed by atoms with E-state index in [9.17, 15) is 19.5 Å². The quantitative estimate of drug-likeness (QED) is 0.528. The van der Waals surface area contributed by atoms with Gasteiger partial charge >= 0.3 is 11.9 Å². The molecule has 19 heavy (non-hydrogen) atoms. The fraction of sp³-hybridized carbons (Fsp3) is 0.583. The molecule has 2 aliphatic heterocycles. The van der Waals surface area contributed by atoms with Crippen molar-refractivity contribution in [2.75, 3.05) is 6.54 Å². The first-order valence-electron chi connectivity index (χ1n) is 5.89. The number of fused-ring (bicyclic) bond motifs is 1. The summed E-state index contributed by atoms with van der Waals surface area (Å²) < 4.78 is 9.90. The van der Waals surface area contributed by atoms with Crippen LogP contribution >= 0.6 is 0 Å². The minimum absolute atomic E-state index is 0.119. The molecule has 2 rings (SSSR count). The summed E-state index contributed by atoms with van der Waals surface area (Å²) in [5.74, 6) is -1.89. The summed E-state index contributed by atoms with van der Waals surface area (Å²) in [6, 6.07) is 0. The number of aliphatic hydroxyl groups is 1. The van der Waals surface area contributed by atoms with Gasteiger partial charge in [-0.1, -0.05) is 12.2 Å². The third-order valence-corrected chi connectivity index (χ3v) is 3.17. The number of amides is 1. The molecule has 0 aromatic carbocycles. The Bertz CT molecular complexity index is 459. The molecule has 7 nitrogen and oxygen atoms in total. The topological polar surface area (TPSA) is 93.1 Å². The van der Waals surface area contributed by atoms with Crippen LogP contribution in [-0.4, -0.2) is 52.3 Å². The summed E-state index contributed by atoms with van der Waals surface area (Å²) in [6.07, 6.45) is 1.01. The van der Waals surface area contributed by atoms with Crippen LogP contribution in [0.3, 0.4) is 0 Å². The van der Waals surface area contributed by atoms with Gasteiger partial charge in [0.2, 0.25) is 6.10 Å². The van der Waals surface area contributed by atoms with E-state index in [1.54, 1.807) is 12.2 Å². The van der Waals surface area contributed by atoms with Gasteiger partial charge in [-0.25, -0.2) is 0 Å². The summed E-state index contributed by atoms with van der Waals surface area (Å²) in [7, 11) is 0. The summed E-state index contributed by atoms with van der Waals surface area (Å²) in [5, 5.41) is 10.6. The highest BCUT2D eigenvalue weighted by Crippen LogP contribution is 2.37. The third-order valence-electron chi connectivity index (χ3n) is 3.17. The molecular weight excluding hydrogens is 254 g/mol. The second-order valence-corrected chi connectivity index (χ2v) is 4.56. The van der Waals surface area contributed by atoms with Crippen molar-refractivity contribution >= 4 is 17.8 Å². The van der Waals surface area contributed by atoms with Crippen molar-refractivity contribution in [2.45, 2.75) is 38.2 Å². The van der Waals surface area contributed by atoms with Gasteiger partial charge < -0.3 is 19.5 Å². The molecule has 1 fully saturated rings. The molecule has 2 aliphatic rings. The molecule has 0 aromatic heterocycles.